The number of aryl methyl sites for hydroxylation is 1. The van der Waals surface area contributed by atoms with E-state index in [2.05, 4.69) is 0 Å². The van der Waals surface area contributed by atoms with Crippen LogP contribution in [0.25, 0.3) is 0 Å². The van der Waals surface area contributed by atoms with Crippen molar-refractivity contribution in [3.8, 4) is 0 Å². The number of halogens is 2. The van der Waals surface area contributed by atoms with Crippen LogP contribution in [-0.4, -0.2) is 5.78 Å². The highest BCUT2D eigenvalue weighted by Gasteiger charge is 2.10. The van der Waals surface area contributed by atoms with Gasteiger partial charge in [-0.3, -0.25) is 4.79 Å². The monoisotopic (exact) mass is 292 g/mol. The van der Waals surface area contributed by atoms with Crippen molar-refractivity contribution in [2.75, 3.05) is 0 Å². The molecular weight excluding hydrogens is 279 g/mol. The molecule has 2 aromatic carbocycles. The molecule has 0 radical (unpaired) electrons. The Hall–Kier alpha value is -1.31. The van der Waals surface area contributed by atoms with Crippen molar-refractivity contribution in [2.45, 2.75) is 19.3 Å². The highest BCUT2D eigenvalue weighted by molar-refractivity contribution is 6.36. The molecule has 0 saturated heterocycles. The van der Waals surface area contributed by atoms with Crippen LogP contribution in [0.3, 0.4) is 0 Å². The molecule has 0 saturated carbocycles. The van der Waals surface area contributed by atoms with E-state index in [0.29, 0.717) is 22.9 Å². The lowest BCUT2D eigenvalue weighted by Gasteiger charge is -2.06. The van der Waals surface area contributed by atoms with Crippen molar-refractivity contribution in [3.63, 3.8) is 0 Å². The van der Waals surface area contributed by atoms with Crippen molar-refractivity contribution < 1.29 is 4.79 Å². The van der Waals surface area contributed by atoms with Crippen molar-refractivity contribution >= 4 is 29.0 Å². The lowest BCUT2D eigenvalue weighted by atomic mass is 10.0. The first kappa shape index (κ1) is 14.1. The lowest BCUT2D eigenvalue weighted by Crippen LogP contribution is -2.05. The van der Waals surface area contributed by atoms with Crippen LogP contribution in [0.2, 0.25) is 10.0 Å². The van der Waals surface area contributed by atoms with Gasteiger partial charge in [0.1, 0.15) is 5.78 Å². The third kappa shape index (κ3) is 4.09. The fourth-order valence-electron chi connectivity index (χ4n) is 1.92. The topological polar surface area (TPSA) is 17.1 Å². The summed E-state index contributed by atoms with van der Waals surface area (Å²) in [5, 5.41) is 1.11. The van der Waals surface area contributed by atoms with Gasteiger partial charge in [-0.05, 0) is 29.7 Å². The van der Waals surface area contributed by atoms with Crippen molar-refractivity contribution in [1.82, 2.24) is 0 Å². The summed E-state index contributed by atoms with van der Waals surface area (Å²) in [6.45, 7) is 0. The molecule has 2 aromatic rings. The van der Waals surface area contributed by atoms with Crippen LogP contribution in [0, 0.1) is 0 Å². The van der Waals surface area contributed by atoms with Gasteiger partial charge in [0, 0.05) is 22.9 Å². The van der Waals surface area contributed by atoms with Gasteiger partial charge < -0.3 is 0 Å². The van der Waals surface area contributed by atoms with Crippen molar-refractivity contribution in [3.05, 3.63) is 69.7 Å². The number of carbonyl (C=O) groups excluding carboxylic acids is 1. The van der Waals surface area contributed by atoms with Crippen LogP contribution in [-0.2, 0) is 17.6 Å². The third-order valence-electron chi connectivity index (χ3n) is 2.97. The summed E-state index contributed by atoms with van der Waals surface area (Å²) in [4.78, 5) is 12.0. The van der Waals surface area contributed by atoms with Gasteiger partial charge in [0.15, 0.2) is 0 Å². The van der Waals surface area contributed by atoms with E-state index in [0.717, 1.165) is 12.0 Å². The summed E-state index contributed by atoms with van der Waals surface area (Å²) in [5.41, 5.74) is 1.89. The highest BCUT2D eigenvalue weighted by Crippen LogP contribution is 2.25. The number of hydrogen-bond donors (Lipinski definition) is 0. The predicted molar refractivity (Wildman–Crippen MR) is 79.9 cm³/mol. The van der Waals surface area contributed by atoms with Crippen molar-refractivity contribution in [1.29, 1.82) is 0 Å². The van der Waals surface area contributed by atoms with E-state index in [1.165, 1.54) is 5.56 Å². The molecule has 1 nitrogen and oxygen atoms in total. The quantitative estimate of drug-likeness (QED) is 0.778. The summed E-state index contributed by atoms with van der Waals surface area (Å²) in [6.07, 6.45) is 1.55. The summed E-state index contributed by atoms with van der Waals surface area (Å²) in [5.74, 6) is 0.152. The Balaban J connectivity index is 1.95. The number of rotatable bonds is 5. The van der Waals surface area contributed by atoms with Gasteiger partial charge in [-0.15, -0.1) is 0 Å². The molecule has 0 atom stereocenters. The Labute approximate surface area is 123 Å². The molecule has 0 aliphatic rings. The van der Waals surface area contributed by atoms with E-state index in [-0.39, 0.29) is 5.78 Å². The van der Waals surface area contributed by atoms with Crippen molar-refractivity contribution in [2.24, 2.45) is 0 Å². The Morgan fingerprint density at radius 1 is 0.895 bits per heavy atom. The first-order chi connectivity index (χ1) is 9.16. The second kappa shape index (κ2) is 6.74. The molecular formula is C16H14Cl2O. The molecule has 0 unspecified atom stereocenters. The predicted octanol–water partition coefficient (Wildman–Crippen LogP) is 4.74. The maximum Gasteiger partial charge on any atom is 0.137 e. The summed E-state index contributed by atoms with van der Waals surface area (Å²) in [7, 11) is 0. The number of ketones is 1. The molecule has 0 aliphatic heterocycles. The normalized spacial score (nSPS) is 10.4. The molecule has 0 N–H and O–H groups in total. The summed E-state index contributed by atoms with van der Waals surface area (Å²) >= 11 is 12.1. The Morgan fingerprint density at radius 3 is 2.16 bits per heavy atom. The van der Waals surface area contributed by atoms with E-state index in [1.54, 1.807) is 18.2 Å². The molecule has 19 heavy (non-hydrogen) atoms. The average Bonchev–Trinajstić information content (AvgIpc) is 2.42. The van der Waals surface area contributed by atoms with E-state index < -0.39 is 0 Å². The summed E-state index contributed by atoms with van der Waals surface area (Å²) < 4.78 is 0. The number of carbonyl (C=O) groups is 1. The zero-order valence-electron chi connectivity index (χ0n) is 10.4. The minimum Gasteiger partial charge on any atom is -0.299 e. The van der Waals surface area contributed by atoms with Crippen LogP contribution >= 0.6 is 23.2 Å². The van der Waals surface area contributed by atoms with Gasteiger partial charge in [-0.25, -0.2) is 0 Å². The van der Waals surface area contributed by atoms with E-state index >= 15 is 0 Å². The van der Waals surface area contributed by atoms with Crippen LogP contribution in [0.1, 0.15) is 17.5 Å². The molecule has 0 aromatic heterocycles. The van der Waals surface area contributed by atoms with Gasteiger partial charge in [0.25, 0.3) is 0 Å². The first-order valence-corrected chi connectivity index (χ1v) is 6.91. The second-order valence-corrected chi connectivity index (χ2v) is 5.22. The van der Waals surface area contributed by atoms with Crippen LogP contribution in [0.5, 0.6) is 0 Å². The zero-order valence-corrected chi connectivity index (χ0v) is 11.9. The molecule has 0 fully saturated rings. The molecule has 0 amide bonds. The standard InChI is InChI=1S/C16H14Cl2O/c17-15-7-4-8-16(18)14(15)11-13(19)10-9-12-5-2-1-3-6-12/h1-8H,9-11H2. The van der Waals surface area contributed by atoms with E-state index in [9.17, 15) is 4.79 Å². The fourth-order valence-corrected chi connectivity index (χ4v) is 2.45. The summed E-state index contributed by atoms with van der Waals surface area (Å²) in [6, 6.07) is 15.3. The van der Waals surface area contributed by atoms with Gasteiger partial charge >= 0.3 is 0 Å². The van der Waals surface area contributed by atoms with Crippen LogP contribution in [0.15, 0.2) is 48.5 Å². The minimum absolute atomic E-state index is 0.152. The van der Waals surface area contributed by atoms with E-state index in [4.69, 9.17) is 23.2 Å². The molecule has 2 rings (SSSR count). The zero-order chi connectivity index (χ0) is 13.7. The van der Waals surface area contributed by atoms with Gasteiger partial charge in [0.05, 0.1) is 0 Å². The number of hydrogen-bond acceptors (Lipinski definition) is 1. The van der Waals surface area contributed by atoms with Gasteiger partial charge in [-0.2, -0.15) is 0 Å². The average molecular weight is 293 g/mol. The lowest BCUT2D eigenvalue weighted by molar-refractivity contribution is -0.118. The second-order valence-electron chi connectivity index (χ2n) is 4.40. The highest BCUT2D eigenvalue weighted by atomic mass is 35.5. The Bertz CT molecular complexity index is 544. The molecule has 98 valence electrons. The van der Waals surface area contributed by atoms with Crippen LogP contribution in [0.4, 0.5) is 0 Å². The molecule has 0 aliphatic carbocycles. The Morgan fingerprint density at radius 2 is 1.53 bits per heavy atom. The van der Waals surface area contributed by atoms with Gasteiger partial charge in [-0.1, -0.05) is 59.6 Å². The fraction of sp³-hybridized carbons (Fsp3) is 0.188. The smallest absolute Gasteiger partial charge is 0.137 e. The first-order valence-electron chi connectivity index (χ1n) is 6.15. The maximum atomic E-state index is 12.0. The number of Topliss-reactive ketones (excluding diaryl/α,β-unsaturated/α-hetero) is 1. The SMILES string of the molecule is O=C(CCc1ccccc1)Cc1c(Cl)cccc1Cl. The molecule has 0 bridgehead atoms. The maximum absolute atomic E-state index is 12.0. The van der Waals surface area contributed by atoms with E-state index in [1.807, 2.05) is 30.3 Å². The molecule has 0 heterocycles. The molecule has 3 heteroatoms. The minimum atomic E-state index is 0.152. The van der Waals surface area contributed by atoms with Gasteiger partial charge in [0.2, 0.25) is 0 Å². The van der Waals surface area contributed by atoms with Crippen LogP contribution < -0.4 is 0 Å². The largest absolute Gasteiger partial charge is 0.299 e. The molecule has 0 spiro atoms. The Kier molecular flexibility index (Phi) is 5.00. The third-order valence-corrected chi connectivity index (χ3v) is 3.68. The number of benzene rings is 2.